The predicted octanol–water partition coefficient (Wildman–Crippen LogP) is 5.05. The van der Waals surface area contributed by atoms with Crippen molar-refractivity contribution in [3.05, 3.63) is 90.1 Å². The van der Waals surface area contributed by atoms with Gasteiger partial charge in [-0.15, -0.1) is 0 Å². The number of carbonyl (C=O) groups is 1. The summed E-state index contributed by atoms with van der Waals surface area (Å²) in [4.78, 5) is 21.9. The number of fused-ring (bicyclic) bond motifs is 1. The van der Waals surface area contributed by atoms with Crippen LogP contribution in [0.5, 0.6) is 5.75 Å². The van der Waals surface area contributed by atoms with E-state index in [0.717, 1.165) is 11.3 Å². The molecule has 0 N–H and O–H groups in total. The van der Waals surface area contributed by atoms with Crippen LogP contribution < -0.4 is 4.74 Å². The number of ketones is 1. The highest BCUT2D eigenvalue weighted by Gasteiger charge is 2.20. The van der Waals surface area contributed by atoms with Gasteiger partial charge in [-0.1, -0.05) is 18.2 Å². The molecule has 0 saturated heterocycles. The van der Waals surface area contributed by atoms with Gasteiger partial charge in [0.1, 0.15) is 11.3 Å². The Morgan fingerprint density at radius 2 is 1.89 bits per heavy atom. The molecule has 0 radical (unpaired) electrons. The van der Waals surface area contributed by atoms with Crippen LogP contribution in [0.3, 0.4) is 0 Å². The topological polar surface area (TPSA) is 65.2 Å². The fourth-order valence-corrected chi connectivity index (χ4v) is 2.86. The van der Waals surface area contributed by atoms with Crippen LogP contribution >= 0.6 is 0 Å². The summed E-state index contributed by atoms with van der Waals surface area (Å²) in [5.74, 6) is 0.820. The van der Waals surface area contributed by atoms with Crippen molar-refractivity contribution >= 4 is 28.5 Å². The van der Waals surface area contributed by atoms with Crippen molar-refractivity contribution in [2.45, 2.75) is 6.92 Å². The first-order valence-corrected chi connectivity index (χ1v) is 9.00. The molecule has 0 amide bonds. The minimum absolute atomic E-state index is 0.182. The molecule has 5 nitrogen and oxygen atoms in total. The Hall–Kier alpha value is -3.73. The number of hydrogen-bond acceptors (Lipinski definition) is 5. The summed E-state index contributed by atoms with van der Waals surface area (Å²) in [7, 11) is 0. The molecule has 2 heterocycles. The summed E-state index contributed by atoms with van der Waals surface area (Å²) in [6.07, 6.45) is 5.12. The van der Waals surface area contributed by atoms with Crippen LogP contribution in [0.25, 0.3) is 22.7 Å². The van der Waals surface area contributed by atoms with Gasteiger partial charge in [0.25, 0.3) is 0 Å². The first-order chi connectivity index (χ1) is 13.7. The van der Waals surface area contributed by atoms with Gasteiger partial charge in [-0.25, -0.2) is 4.98 Å². The minimum atomic E-state index is -0.182. The summed E-state index contributed by atoms with van der Waals surface area (Å²) in [6, 6.07) is 18.2. The van der Waals surface area contributed by atoms with E-state index in [0.29, 0.717) is 28.8 Å². The van der Waals surface area contributed by atoms with Crippen molar-refractivity contribution in [1.29, 1.82) is 0 Å². The van der Waals surface area contributed by atoms with Crippen LogP contribution in [0.15, 0.2) is 77.5 Å². The van der Waals surface area contributed by atoms with E-state index in [1.165, 1.54) is 0 Å². The Bertz CT molecular complexity index is 1100. The molecule has 0 aliphatic carbocycles. The number of hydrogen-bond donors (Lipinski definition) is 0. The lowest BCUT2D eigenvalue weighted by Crippen LogP contribution is -2.03. The highest BCUT2D eigenvalue weighted by Crippen LogP contribution is 2.26. The van der Waals surface area contributed by atoms with Gasteiger partial charge >= 0.3 is 0 Å². The molecule has 0 saturated carbocycles. The van der Waals surface area contributed by atoms with Gasteiger partial charge in [-0.3, -0.25) is 9.78 Å². The SMILES string of the molecule is CCOc1ccc(C(=O)C(=Cc2cccnc2)c2nc3ccccc3o2)cc1. The van der Waals surface area contributed by atoms with Crippen molar-refractivity contribution in [3.63, 3.8) is 0 Å². The van der Waals surface area contributed by atoms with Crippen molar-refractivity contribution in [3.8, 4) is 5.75 Å². The second-order valence-electron chi connectivity index (χ2n) is 6.12. The average molecular weight is 370 g/mol. The number of Topliss-reactive ketones (excluding diaryl/α,β-unsaturated/α-hetero) is 1. The Morgan fingerprint density at radius 3 is 2.61 bits per heavy atom. The van der Waals surface area contributed by atoms with Crippen LogP contribution in [-0.2, 0) is 0 Å². The molecule has 0 fully saturated rings. The van der Waals surface area contributed by atoms with E-state index in [1.54, 1.807) is 42.7 Å². The molecule has 0 atom stereocenters. The number of rotatable bonds is 6. The minimum Gasteiger partial charge on any atom is -0.494 e. The number of pyridine rings is 1. The molecule has 4 aromatic rings. The fraction of sp³-hybridized carbons (Fsp3) is 0.0870. The standard InChI is InChI=1S/C23H18N2O3/c1-2-27-18-11-9-17(10-12-18)22(26)19(14-16-6-5-13-24-15-16)23-25-20-7-3-4-8-21(20)28-23/h3-15H,2H2,1H3. The summed E-state index contributed by atoms with van der Waals surface area (Å²) in [5, 5.41) is 0. The highest BCUT2D eigenvalue weighted by atomic mass is 16.5. The summed E-state index contributed by atoms with van der Waals surface area (Å²) < 4.78 is 11.3. The first kappa shape index (κ1) is 17.7. The number of benzene rings is 2. The van der Waals surface area contributed by atoms with Crippen molar-refractivity contribution in [1.82, 2.24) is 9.97 Å². The molecule has 2 aromatic carbocycles. The zero-order valence-electron chi connectivity index (χ0n) is 15.3. The number of allylic oxidation sites excluding steroid dienone is 1. The van der Waals surface area contributed by atoms with Gasteiger partial charge in [0.2, 0.25) is 5.89 Å². The van der Waals surface area contributed by atoms with Gasteiger partial charge in [0.15, 0.2) is 11.4 Å². The Kier molecular flexibility index (Phi) is 4.97. The molecule has 28 heavy (non-hydrogen) atoms. The molecule has 0 unspecified atom stereocenters. The molecule has 0 aliphatic heterocycles. The molecule has 138 valence electrons. The van der Waals surface area contributed by atoms with E-state index in [4.69, 9.17) is 9.15 Å². The van der Waals surface area contributed by atoms with Gasteiger partial charge in [0, 0.05) is 18.0 Å². The van der Waals surface area contributed by atoms with Gasteiger partial charge in [0.05, 0.1) is 12.2 Å². The van der Waals surface area contributed by atoms with Gasteiger partial charge < -0.3 is 9.15 Å². The monoisotopic (exact) mass is 370 g/mol. The molecule has 2 aromatic heterocycles. The maximum Gasteiger partial charge on any atom is 0.231 e. The molecule has 0 aliphatic rings. The lowest BCUT2D eigenvalue weighted by Gasteiger charge is -2.06. The number of nitrogens with zero attached hydrogens (tertiary/aromatic N) is 2. The number of para-hydroxylation sites is 2. The summed E-state index contributed by atoms with van der Waals surface area (Å²) in [5.41, 5.74) is 3.02. The van der Waals surface area contributed by atoms with E-state index in [9.17, 15) is 4.79 Å². The Morgan fingerprint density at radius 1 is 1.07 bits per heavy atom. The number of carbonyl (C=O) groups excluding carboxylic acids is 1. The van der Waals surface area contributed by atoms with E-state index >= 15 is 0 Å². The lowest BCUT2D eigenvalue weighted by atomic mass is 10.0. The largest absolute Gasteiger partial charge is 0.494 e. The number of aromatic nitrogens is 2. The summed E-state index contributed by atoms with van der Waals surface area (Å²) >= 11 is 0. The second-order valence-corrected chi connectivity index (χ2v) is 6.12. The third-order valence-corrected chi connectivity index (χ3v) is 4.19. The first-order valence-electron chi connectivity index (χ1n) is 9.00. The van der Waals surface area contributed by atoms with Crippen LogP contribution in [0.1, 0.15) is 28.7 Å². The predicted molar refractivity (Wildman–Crippen MR) is 108 cm³/mol. The molecule has 4 rings (SSSR count). The van der Waals surface area contributed by atoms with Gasteiger partial charge in [-0.2, -0.15) is 0 Å². The van der Waals surface area contributed by atoms with E-state index in [2.05, 4.69) is 9.97 Å². The maximum absolute atomic E-state index is 13.3. The van der Waals surface area contributed by atoms with Crippen LogP contribution in [0, 0.1) is 0 Å². The number of ether oxygens (including phenoxy) is 1. The van der Waals surface area contributed by atoms with E-state index < -0.39 is 0 Å². The van der Waals surface area contributed by atoms with Crippen molar-refractivity contribution < 1.29 is 13.9 Å². The van der Waals surface area contributed by atoms with Crippen LogP contribution in [-0.4, -0.2) is 22.4 Å². The third-order valence-electron chi connectivity index (χ3n) is 4.19. The number of oxazole rings is 1. The maximum atomic E-state index is 13.3. The molecule has 0 bridgehead atoms. The average Bonchev–Trinajstić information content (AvgIpc) is 3.17. The van der Waals surface area contributed by atoms with E-state index in [1.807, 2.05) is 43.3 Å². The van der Waals surface area contributed by atoms with Crippen molar-refractivity contribution in [2.24, 2.45) is 0 Å². The smallest absolute Gasteiger partial charge is 0.231 e. The van der Waals surface area contributed by atoms with Crippen LogP contribution in [0.2, 0.25) is 0 Å². The third kappa shape index (κ3) is 3.69. The van der Waals surface area contributed by atoms with E-state index in [-0.39, 0.29) is 11.7 Å². The lowest BCUT2D eigenvalue weighted by molar-refractivity contribution is 0.105. The fourth-order valence-electron chi connectivity index (χ4n) is 2.86. The Labute approximate surface area is 162 Å². The quantitative estimate of drug-likeness (QED) is 0.351. The molecular formula is C23H18N2O3. The molecule has 0 spiro atoms. The Balaban J connectivity index is 1.78. The summed E-state index contributed by atoms with van der Waals surface area (Å²) in [6.45, 7) is 2.49. The molecule has 5 heteroatoms. The highest BCUT2D eigenvalue weighted by molar-refractivity contribution is 6.31. The second kappa shape index (κ2) is 7.88. The van der Waals surface area contributed by atoms with Gasteiger partial charge in [-0.05, 0) is 61.0 Å². The zero-order chi connectivity index (χ0) is 19.3. The van der Waals surface area contributed by atoms with Crippen molar-refractivity contribution in [2.75, 3.05) is 6.61 Å². The van der Waals surface area contributed by atoms with Crippen LogP contribution in [0.4, 0.5) is 0 Å². The molecular weight excluding hydrogens is 352 g/mol. The normalized spacial score (nSPS) is 11.5. The zero-order valence-corrected chi connectivity index (χ0v) is 15.3.